The van der Waals surface area contributed by atoms with E-state index < -0.39 is 0 Å². The summed E-state index contributed by atoms with van der Waals surface area (Å²) in [5, 5.41) is 4.34. The number of fused-ring (bicyclic) bond motifs is 2. The summed E-state index contributed by atoms with van der Waals surface area (Å²) in [5.74, 6) is 0.354. The van der Waals surface area contributed by atoms with Gasteiger partial charge in [-0.05, 0) is 6.07 Å². The molecule has 5 heteroatoms. The third kappa shape index (κ3) is 1.46. The Morgan fingerprint density at radius 1 is 1.33 bits per heavy atom. The van der Waals surface area contributed by atoms with E-state index >= 15 is 0 Å². The van der Waals surface area contributed by atoms with E-state index in [9.17, 15) is 9.59 Å². The normalized spacial score (nSPS) is 13.4. The molecule has 0 atom stereocenters. The van der Waals surface area contributed by atoms with Crippen molar-refractivity contribution in [1.29, 1.82) is 0 Å². The van der Waals surface area contributed by atoms with Crippen LogP contribution in [0.25, 0.3) is 10.8 Å². The van der Waals surface area contributed by atoms with Gasteiger partial charge in [-0.3, -0.25) is 14.2 Å². The molecule has 0 aliphatic carbocycles. The van der Waals surface area contributed by atoms with E-state index in [1.54, 1.807) is 22.8 Å². The number of rotatable bonds is 2. The van der Waals surface area contributed by atoms with E-state index in [4.69, 9.17) is 11.6 Å². The highest BCUT2D eigenvalue weighted by Crippen LogP contribution is 2.26. The molecule has 0 saturated heterocycles. The van der Waals surface area contributed by atoms with Crippen LogP contribution in [0.4, 0.5) is 5.82 Å². The molecular weight excluding hydrogens is 252 g/mol. The van der Waals surface area contributed by atoms with Gasteiger partial charge in [-0.2, -0.15) is 0 Å². The third-order valence-electron chi connectivity index (χ3n) is 3.21. The van der Waals surface area contributed by atoms with Gasteiger partial charge in [-0.1, -0.05) is 18.2 Å². The van der Waals surface area contributed by atoms with Crippen LogP contribution in [-0.4, -0.2) is 22.8 Å². The first-order chi connectivity index (χ1) is 8.74. The predicted octanol–water partition coefficient (Wildman–Crippen LogP) is 1.85. The third-order valence-corrected chi connectivity index (χ3v) is 3.45. The van der Waals surface area contributed by atoms with Crippen molar-refractivity contribution < 1.29 is 4.79 Å². The minimum absolute atomic E-state index is 0.0586. The number of benzene rings is 1. The number of pyridine rings is 1. The van der Waals surface area contributed by atoms with Crippen molar-refractivity contribution in [1.82, 2.24) is 4.57 Å². The van der Waals surface area contributed by atoms with Gasteiger partial charge in [0.15, 0.2) is 5.78 Å². The smallest absolute Gasteiger partial charge is 0.260 e. The summed E-state index contributed by atoms with van der Waals surface area (Å²) in [4.78, 5) is 24.3. The Labute approximate surface area is 108 Å². The average molecular weight is 263 g/mol. The van der Waals surface area contributed by atoms with Crippen molar-refractivity contribution in [2.24, 2.45) is 0 Å². The van der Waals surface area contributed by atoms with Gasteiger partial charge < -0.3 is 5.32 Å². The van der Waals surface area contributed by atoms with Crippen molar-refractivity contribution in [2.75, 3.05) is 17.7 Å². The lowest BCUT2D eigenvalue weighted by atomic mass is 10.0. The molecule has 18 heavy (non-hydrogen) atoms. The van der Waals surface area contributed by atoms with E-state index in [1.807, 2.05) is 6.07 Å². The second-order valence-electron chi connectivity index (χ2n) is 4.21. The van der Waals surface area contributed by atoms with Crippen LogP contribution in [0, 0.1) is 0 Å². The summed E-state index contributed by atoms with van der Waals surface area (Å²) in [6.07, 6.45) is 0. The fourth-order valence-electron chi connectivity index (χ4n) is 2.43. The minimum Gasteiger partial charge on any atom is -0.369 e. The molecule has 0 fully saturated rings. The van der Waals surface area contributed by atoms with Gasteiger partial charge in [0.05, 0.1) is 11.4 Å². The zero-order chi connectivity index (χ0) is 12.7. The predicted molar refractivity (Wildman–Crippen MR) is 71.7 cm³/mol. The summed E-state index contributed by atoms with van der Waals surface area (Å²) in [7, 11) is 0. The molecule has 0 saturated carbocycles. The molecule has 0 spiro atoms. The number of alkyl halides is 1. The van der Waals surface area contributed by atoms with E-state index in [0.29, 0.717) is 35.2 Å². The van der Waals surface area contributed by atoms with Crippen molar-refractivity contribution in [3.8, 4) is 0 Å². The minimum atomic E-state index is -0.161. The molecule has 1 aliphatic rings. The Hall–Kier alpha value is -1.81. The number of anilines is 1. The fraction of sp³-hybridized carbons (Fsp3) is 0.231. The molecule has 92 valence electrons. The van der Waals surface area contributed by atoms with Crippen molar-refractivity contribution in [3.05, 3.63) is 40.2 Å². The highest BCUT2D eigenvalue weighted by Gasteiger charge is 2.23. The lowest BCUT2D eigenvalue weighted by Gasteiger charge is -2.11. The Bertz CT molecular complexity index is 706. The van der Waals surface area contributed by atoms with Crippen LogP contribution in [0.5, 0.6) is 0 Å². The summed E-state index contributed by atoms with van der Waals surface area (Å²) in [6, 6.07) is 7.15. The molecule has 3 rings (SSSR count). The van der Waals surface area contributed by atoms with Gasteiger partial charge in [0.25, 0.3) is 5.56 Å². The molecule has 1 aliphatic heterocycles. The summed E-state index contributed by atoms with van der Waals surface area (Å²) in [6.45, 7) is 1.25. The maximum atomic E-state index is 12.3. The van der Waals surface area contributed by atoms with Crippen LogP contribution in [0.15, 0.2) is 29.1 Å². The fourth-order valence-corrected chi connectivity index (χ4v) is 2.56. The van der Waals surface area contributed by atoms with E-state index in [-0.39, 0.29) is 17.2 Å². The Morgan fingerprint density at radius 2 is 2.06 bits per heavy atom. The highest BCUT2D eigenvalue weighted by molar-refractivity contribution is 6.32. The van der Waals surface area contributed by atoms with Gasteiger partial charge in [0, 0.05) is 23.9 Å². The summed E-state index contributed by atoms with van der Waals surface area (Å²) in [5.41, 5.74) is 0.467. The number of nitrogens with one attached hydrogen (secondary N) is 1. The van der Waals surface area contributed by atoms with E-state index in [2.05, 4.69) is 5.32 Å². The molecule has 0 bridgehead atoms. The van der Waals surface area contributed by atoms with Crippen LogP contribution in [-0.2, 0) is 6.54 Å². The maximum absolute atomic E-state index is 12.3. The number of aromatic nitrogens is 1. The Morgan fingerprint density at radius 3 is 2.78 bits per heavy atom. The highest BCUT2D eigenvalue weighted by atomic mass is 35.5. The van der Waals surface area contributed by atoms with E-state index in [1.165, 1.54) is 0 Å². The first-order valence-corrected chi connectivity index (χ1v) is 6.26. The number of nitrogens with zero attached hydrogens (tertiary/aromatic N) is 1. The molecule has 0 radical (unpaired) electrons. The van der Waals surface area contributed by atoms with Gasteiger partial charge in [-0.25, -0.2) is 0 Å². The van der Waals surface area contributed by atoms with Gasteiger partial charge >= 0.3 is 0 Å². The number of carbonyl (C=O) groups is 1. The number of Topliss-reactive ketones (excluding diaryl/α,β-unsaturated/α-hetero) is 1. The molecule has 0 unspecified atom stereocenters. The zero-order valence-electron chi connectivity index (χ0n) is 9.57. The maximum Gasteiger partial charge on any atom is 0.260 e. The quantitative estimate of drug-likeness (QED) is 0.664. The number of hydrogen-bond donors (Lipinski definition) is 1. The summed E-state index contributed by atoms with van der Waals surface area (Å²) < 4.78 is 1.61. The molecule has 2 aromatic rings. The first-order valence-electron chi connectivity index (χ1n) is 5.72. The number of hydrogen-bond acceptors (Lipinski definition) is 3. The Kier molecular flexibility index (Phi) is 2.59. The largest absolute Gasteiger partial charge is 0.369 e. The van der Waals surface area contributed by atoms with Crippen molar-refractivity contribution in [2.45, 2.75) is 6.54 Å². The number of halogens is 1. The number of carbonyl (C=O) groups excluding carboxylic acids is 1. The monoisotopic (exact) mass is 262 g/mol. The van der Waals surface area contributed by atoms with E-state index in [0.717, 1.165) is 0 Å². The van der Waals surface area contributed by atoms with Gasteiger partial charge in [-0.15, -0.1) is 11.6 Å². The van der Waals surface area contributed by atoms with Crippen LogP contribution >= 0.6 is 11.6 Å². The van der Waals surface area contributed by atoms with Gasteiger partial charge in [0.1, 0.15) is 5.82 Å². The Balaban J connectivity index is 2.49. The van der Waals surface area contributed by atoms with Crippen LogP contribution in [0.2, 0.25) is 0 Å². The second kappa shape index (κ2) is 4.14. The molecule has 1 N–H and O–H groups in total. The molecule has 0 amide bonds. The number of ketones is 1. The lowest BCUT2D eigenvalue weighted by Crippen LogP contribution is -2.21. The molecular formula is C13H11ClN2O2. The van der Waals surface area contributed by atoms with Crippen molar-refractivity contribution >= 4 is 34.0 Å². The zero-order valence-corrected chi connectivity index (χ0v) is 10.3. The average Bonchev–Trinajstić information content (AvgIpc) is 2.88. The molecule has 1 aromatic carbocycles. The van der Waals surface area contributed by atoms with Crippen LogP contribution in [0.3, 0.4) is 0 Å². The SMILES string of the molecule is O=C(CCl)c1c2n(c(=O)c3ccccc13)CCN2. The van der Waals surface area contributed by atoms with Gasteiger partial charge in [0.2, 0.25) is 0 Å². The lowest BCUT2D eigenvalue weighted by molar-refractivity contribution is 0.102. The standard InChI is InChI=1S/C13H11ClN2O2/c14-7-10(17)11-8-3-1-2-4-9(8)13(18)16-6-5-15-12(11)16/h1-4,15H,5-7H2. The molecule has 1 aromatic heterocycles. The molecule has 2 heterocycles. The topological polar surface area (TPSA) is 51.1 Å². The molecule has 4 nitrogen and oxygen atoms in total. The summed E-state index contributed by atoms with van der Waals surface area (Å²) >= 11 is 5.66. The van der Waals surface area contributed by atoms with Crippen LogP contribution in [0.1, 0.15) is 10.4 Å². The van der Waals surface area contributed by atoms with Crippen LogP contribution < -0.4 is 10.9 Å². The second-order valence-corrected chi connectivity index (χ2v) is 4.48. The first kappa shape index (κ1) is 11.3. The van der Waals surface area contributed by atoms with Crippen molar-refractivity contribution in [3.63, 3.8) is 0 Å².